The molecule has 2 fully saturated rings. The quantitative estimate of drug-likeness (QED) is 0.363. The number of anilines is 1. The minimum Gasteiger partial charge on any atom is -0.274 e. The van der Waals surface area contributed by atoms with Gasteiger partial charge in [-0.15, -0.1) is 0 Å². The molecule has 0 aromatic heterocycles. The number of imide groups is 1. The fourth-order valence-corrected chi connectivity index (χ4v) is 4.14. The molecule has 112 valence electrons. The number of rotatable bonds is 2. The van der Waals surface area contributed by atoms with E-state index in [9.17, 15) is 19.7 Å². The zero-order valence-corrected chi connectivity index (χ0v) is 12.1. The van der Waals surface area contributed by atoms with Crippen LogP contribution in [0.25, 0.3) is 0 Å². The van der Waals surface area contributed by atoms with Gasteiger partial charge in [0.15, 0.2) is 0 Å². The van der Waals surface area contributed by atoms with E-state index in [2.05, 4.69) is 0 Å². The second-order valence-electron chi connectivity index (χ2n) is 5.90. The van der Waals surface area contributed by atoms with Crippen LogP contribution in [-0.4, -0.2) is 16.7 Å². The van der Waals surface area contributed by atoms with Crippen LogP contribution in [0.4, 0.5) is 11.4 Å². The van der Waals surface area contributed by atoms with E-state index >= 15 is 0 Å². The normalized spacial score (nSPS) is 32.0. The van der Waals surface area contributed by atoms with Crippen molar-refractivity contribution in [3.8, 4) is 0 Å². The summed E-state index contributed by atoms with van der Waals surface area (Å²) < 4.78 is 0. The third-order valence-electron chi connectivity index (χ3n) is 4.85. The van der Waals surface area contributed by atoms with Crippen LogP contribution in [0.2, 0.25) is 5.02 Å². The summed E-state index contributed by atoms with van der Waals surface area (Å²) in [6, 6.07) is 3.98. The Labute approximate surface area is 130 Å². The van der Waals surface area contributed by atoms with Gasteiger partial charge in [0.1, 0.15) is 5.69 Å². The van der Waals surface area contributed by atoms with Gasteiger partial charge in [-0.25, -0.2) is 4.90 Å². The highest BCUT2D eigenvalue weighted by molar-refractivity contribution is 6.31. The summed E-state index contributed by atoms with van der Waals surface area (Å²) in [5, 5.41) is 11.4. The number of nitrogens with zero attached hydrogens (tertiary/aromatic N) is 2. The zero-order valence-electron chi connectivity index (χ0n) is 11.3. The Bertz CT molecular complexity index is 730. The van der Waals surface area contributed by atoms with Crippen molar-refractivity contribution in [3.05, 3.63) is 45.5 Å². The SMILES string of the molecule is O=C1[C@@H]2[C@@H](C(=O)N1c1ccc(Cl)cc1[N+](=O)[O-])[C@H]1C=C[C@@H]2C1. The minimum atomic E-state index is -0.622. The molecular formula is C15H11ClN2O4. The molecule has 22 heavy (non-hydrogen) atoms. The van der Waals surface area contributed by atoms with Gasteiger partial charge in [-0.1, -0.05) is 23.8 Å². The number of allylic oxidation sites excluding steroid dienone is 2. The van der Waals surface area contributed by atoms with Crippen LogP contribution >= 0.6 is 11.6 Å². The van der Waals surface area contributed by atoms with E-state index in [1.807, 2.05) is 12.2 Å². The molecule has 1 saturated heterocycles. The molecule has 4 atom stereocenters. The number of nitro groups is 1. The lowest BCUT2D eigenvalue weighted by Gasteiger charge is -2.17. The summed E-state index contributed by atoms with van der Waals surface area (Å²) in [6.07, 6.45) is 4.79. The number of halogens is 1. The Morgan fingerprint density at radius 3 is 2.27 bits per heavy atom. The molecule has 3 aliphatic rings. The molecule has 1 heterocycles. The third kappa shape index (κ3) is 1.61. The van der Waals surface area contributed by atoms with E-state index in [1.54, 1.807) is 0 Å². The number of carbonyl (C=O) groups is 2. The van der Waals surface area contributed by atoms with Gasteiger partial charge in [0.05, 0.1) is 16.8 Å². The first-order chi connectivity index (χ1) is 10.5. The number of nitro benzene ring substituents is 1. The van der Waals surface area contributed by atoms with Crippen molar-refractivity contribution >= 4 is 34.8 Å². The second kappa shape index (κ2) is 4.39. The molecular weight excluding hydrogens is 308 g/mol. The molecule has 2 bridgehead atoms. The lowest BCUT2D eigenvalue weighted by atomic mass is 9.85. The first kappa shape index (κ1) is 13.5. The first-order valence-corrected chi connectivity index (χ1v) is 7.37. The summed E-state index contributed by atoms with van der Waals surface area (Å²) in [4.78, 5) is 36.9. The number of amides is 2. The molecule has 0 N–H and O–H groups in total. The van der Waals surface area contributed by atoms with E-state index in [-0.39, 0.29) is 51.9 Å². The summed E-state index contributed by atoms with van der Waals surface area (Å²) in [7, 11) is 0. The third-order valence-corrected chi connectivity index (χ3v) is 5.08. The predicted octanol–water partition coefficient (Wildman–Crippen LogP) is 2.56. The van der Waals surface area contributed by atoms with E-state index in [0.717, 1.165) is 11.3 Å². The van der Waals surface area contributed by atoms with Gasteiger partial charge < -0.3 is 0 Å². The molecule has 4 rings (SSSR count). The average Bonchev–Trinajstić information content (AvgIpc) is 3.14. The van der Waals surface area contributed by atoms with Crippen molar-refractivity contribution in [2.75, 3.05) is 4.90 Å². The number of hydrogen-bond acceptors (Lipinski definition) is 4. The highest BCUT2D eigenvalue weighted by Gasteiger charge is 2.60. The van der Waals surface area contributed by atoms with Gasteiger partial charge in [0.2, 0.25) is 11.8 Å². The Kier molecular flexibility index (Phi) is 2.69. The lowest BCUT2D eigenvalue weighted by molar-refractivity contribution is -0.384. The topological polar surface area (TPSA) is 80.5 Å². The molecule has 2 aliphatic carbocycles. The molecule has 1 aromatic carbocycles. The highest BCUT2D eigenvalue weighted by Crippen LogP contribution is 2.53. The van der Waals surface area contributed by atoms with Gasteiger partial charge in [0, 0.05) is 11.1 Å². The molecule has 2 amide bonds. The summed E-state index contributed by atoms with van der Waals surface area (Å²) in [5.74, 6) is -1.28. The summed E-state index contributed by atoms with van der Waals surface area (Å²) in [5.41, 5.74) is -0.312. The maximum absolute atomic E-state index is 12.7. The second-order valence-corrected chi connectivity index (χ2v) is 6.34. The fourth-order valence-electron chi connectivity index (χ4n) is 3.97. The lowest BCUT2D eigenvalue weighted by Crippen LogP contribution is -2.33. The number of benzene rings is 1. The van der Waals surface area contributed by atoms with Gasteiger partial charge in [-0.05, 0) is 30.4 Å². The maximum Gasteiger partial charge on any atom is 0.294 e. The Morgan fingerprint density at radius 1 is 1.14 bits per heavy atom. The molecule has 1 aliphatic heterocycles. The average molecular weight is 319 g/mol. The number of hydrogen-bond donors (Lipinski definition) is 0. The number of carbonyl (C=O) groups excluding carboxylic acids is 2. The Balaban J connectivity index is 1.81. The van der Waals surface area contributed by atoms with Gasteiger partial charge in [0.25, 0.3) is 5.69 Å². The van der Waals surface area contributed by atoms with Crippen molar-refractivity contribution in [1.82, 2.24) is 0 Å². The van der Waals surface area contributed by atoms with Crippen molar-refractivity contribution in [2.24, 2.45) is 23.7 Å². The number of fused-ring (bicyclic) bond motifs is 5. The van der Waals surface area contributed by atoms with Gasteiger partial charge in [-0.3, -0.25) is 19.7 Å². The molecule has 6 nitrogen and oxygen atoms in total. The van der Waals surface area contributed by atoms with Crippen LogP contribution < -0.4 is 4.90 Å². The summed E-state index contributed by atoms with van der Waals surface area (Å²) >= 11 is 5.79. The van der Waals surface area contributed by atoms with Crippen molar-refractivity contribution in [3.63, 3.8) is 0 Å². The first-order valence-electron chi connectivity index (χ1n) is 6.99. The van der Waals surface area contributed by atoms with Crippen LogP contribution in [0.3, 0.4) is 0 Å². The van der Waals surface area contributed by atoms with Crippen LogP contribution in [0, 0.1) is 33.8 Å². The standard InChI is InChI=1S/C15H11ClN2O4/c16-9-3-4-10(11(6-9)18(21)22)17-14(19)12-7-1-2-8(5-7)13(12)15(17)20/h1-4,6-8,12-13H,5H2/t7-,8+,12-,13-/m0/s1. The van der Waals surface area contributed by atoms with Crippen LogP contribution in [0.1, 0.15) is 6.42 Å². The highest BCUT2D eigenvalue weighted by atomic mass is 35.5. The summed E-state index contributed by atoms with van der Waals surface area (Å²) in [6.45, 7) is 0. The van der Waals surface area contributed by atoms with E-state index in [4.69, 9.17) is 11.6 Å². The predicted molar refractivity (Wildman–Crippen MR) is 78.3 cm³/mol. The monoisotopic (exact) mass is 318 g/mol. The molecule has 1 aromatic rings. The molecule has 7 heteroatoms. The van der Waals surface area contributed by atoms with Crippen LogP contribution in [0.5, 0.6) is 0 Å². The van der Waals surface area contributed by atoms with Crippen molar-refractivity contribution in [1.29, 1.82) is 0 Å². The van der Waals surface area contributed by atoms with Crippen molar-refractivity contribution < 1.29 is 14.5 Å². The maximum atomic E-state index is 12.7. The van der Waals surface area contributed by atoms with Crippen LogP contribution in [-0.2, 0) is 9.59 Å². The van der Waals surface area contributed by atoms with E-state index in [0.29, 0.717) is 0 Å². The van der Waals surface area contributed by atoms with E-state index in [1.165, 1.54) is 18.2 Å². The van der Waals surface area contributed by atoms with Gasteiger partial charge in [-0.2, -0.15) is 0 Å². The molecule has 1 saturated carbocycles. The van der Waals surface area contributed by atoms with E-state index < -0.39 is 4.92 Å². The molecule has 0 radical (unpaired) electrons. The zero-order chi connectivity index (χ0) is 15.6. The van der Waals surface area contributed by atoms with Crippen LogP contribution in [0.15, 0.2) is 30.4 Å². The van der Waals surface area contributed by atoms with Crippen molar-refractivity contribution in [2.45, 2.75) is 6.42 Å². The van der Waals surface area contributed by atoms with Gasteiger partial charge >= 0.3 is 0 Å². The Morgan fingerprint density at radius 2 is 1.73 bits per heavy atom. The minimum absolute atomic E-state index is 0.0122. The smallest absolute Gasteiger partial charge is 0.274 e. The molecule has 0 unspecified atom stereocenters. The largest absolute Gasteiger partial charge is 0.294 e. The fraction of sp³-hybridized carbons (Fsp3) is 0.333. The Hall–Kier alpha value is -2.21. The molecule has 0 spiro atoms.